The largest absolute Gasteiger partial charge is 0.394 e. The van der Waals surface area contributed by atoms with Crippen LogP contribution in [0.15, 0.2) is 16.8 Å². The molecule has 0 amide bonds. The van der Waals surface area contributed by atoms with Crippen molar-refractivity contribution in [2.45, 2.75) is 31.5 Å². The van der Waals surface area contributed by atoms with Crippen molar-refractivity contribution in [2.75, 3.05) is 13.2 Å². The first-order valence-electron chi connectivity index (χ1n) is 5.33. The quantitative estimate of drug-likeness (QED) is 0.764. The van der Waals surface area contributed by atoms with E-state index >= 15 is 0 Å². The van der Waals surface area contributed by atoms with Crippen LogP contribution in [0.5, 0.6) is 0 Å². The Morgan fingerprint density at radius 2 is 2.33 bits per heavy atom. The maximum absolute atomic E-state index is 9.44. The second kappa shape index (κ2) is 5.07. The Hall–Kier alpha value is -0.420. The van der Waals surface area contributed by atoms with Gasteiger partial charge in [-0.2, -0.15) is 11.3 Å². The van der Waals surface area contributed by atoms with Gasteiger partial charge in [0.25, 0.3) is 0 Å². The first kappa shape index (κ1) is 11.1. The van der Waals surface area contributed by atoms with Gasteiger partial charge in [0.1, 0.15) is 0 Å². The fourth-order valence-corrected chi connectivity index (χ4v) is 2.39. The summed E-state index contributed by atoms with van der Waals surface area (Å²) >= 11 is 1.70. The van der Waals surface area contributed by atoms with Crippen LogP contribution in [0.1, 0.15) is 18.4 Å². The second-order valence-corrected chi connectivity index (χ2v) is 4.91. The molecule has 1 heterocycles. The average Bonchev–Trinajstić information content (AvgIpc) is 2.97. The molecule has 0 spiro atoms. The van der Waals surface area contributed by atoms with Gasteiger partial charge in [-0.25, -0.2) is 0 Å². The van der Waals surface area contributed by atoms with Crippen molar-refractivity contribution in [1.29, 1.82) is 0 Å². The zero-order valence-corrected chi connectivity index (χ0v) is 9.49. The first-order valence-corrected chi connectivity index (χ1v) is 6.28. The molecule has 0 aliphatic heterocycles. The molecule has 0 bridgehead atoms. The van der Waals surface area contributed by atoms with E-state index < -0.39 is 6.10 Å². The highest BCUT2D eigenvalue weighted by molar-refractivity contribution is 7.07. The lowest BCUT2D eigenvalue weighted by atomic mass is 10.2. The summed E-state index contributed by atoms with van der Waals surface area (Å²) in [5.74, 6) is 0. The minimum Gasteiger partial charge on any atom is -0.394 e. The number of thiophene rings is 1. The molecule has 1 aliphatic rings. The highest BCUT2D eigenvalue weighted by Crippen LogP contribution is 2.28. The third kappa shape index (κ3) is 3.28. The molecular formula is C11H17NO2S. The van der Waals surface area contributed by atoms with E-state index in [1.54, 1.807) is 11.3 Å². The van der Waals surface area contributed by atoms with E-state index in [1.807, 2.05) is 0 Å². The van der Waals surface area contributed by atoms with Crippen LogP contribution in [0.4, 0.5) is 0 Å². The Bertz CT molecular complexity index is 285. The van der Waals surface area contributed by atoms with Crippen LogP contribution in [0, 0.1) is 0 Å². The van der Waals surface area contributed by atoms with Gasteiger partial charge in [0.2, 0.25) is 0 Å². The van der Waals surface area contributed by atoms with Crippen molar-refractivity contribution < 1.29 is 10.2 Å². The Morgan fingerprint density at radius 1 is 1.53 bits per heavy atom. The number of rotatable bonds is 6. The standard InChI is InChI=1S/C11H17NO2S/c13-7-11(14)6-12(10-1-2-10)5-9-3-4-15-8-9/h3-4,8,10-11,13-14H,1-2,5-7H2. The van der Waals surface area contributed by atoms with Crippen LogP contribution in [0.2, 0.25) is 0 Å². The Balaban J connectivity index is 1.88. The van der Waals surface area contributed by atoms with E-state index in [-0.39, 0.29) is 6.61 Å². The SMILES string of the molecule is OCC(O)CN(Cc1ccsc1)C1CC1. The summed E-state index contributed by atoms with van der Waals surface area (Å²) < 4.78 is 0. The molecule has 84 valence electrons. The molecule has 0 saturated heterocycles. The van der Waals surface area contributed by atoms with Gasteiger partial charge in [-0.3, -0.25) is 4.90 Å². The lowest BCUT2D eigenvalue weighted by Gasteiger charge is -2.23. The first-order chi connectivity index (χ1) is 7.29. The van der Waals surface area contributed by atoms with Crippen LogP contribution < -0.4 is 0 Å². The topological polar surface area (TPSA) is 43.7 Å². The van der Waals surface area contributed by atoms with Crippen LogP contribution >= 0.6 is 11.3 Å². The normalized spacial score (nSPS) is 18.3. The summed E-state index contributed by atoms with van der Waals surface area (Å²) in [5, 5.41) is 22.5. The van der Waals surface area contributed by atoms with Gasteiger partial charge in [0, 0.05) is 19.1 Å². The third-order valence-electron chi connectivity index (χ3n) is 2.69. The maximum Gasteiger partial charge on any atom is 0.0897 e. The molecule has 0 radical (unpaired) electrons. The van der Waals surface area contributed by atoms with Gasteiger partial charge in [-0.1, -0.05) is 0 Å². The van der Waals surface area contributed by atoms with Gasteiger partial charge >= 0.3 is 0 Å². The van der Waals surface area contributed by atoms with Gasteiger partial charge in [-0.05, 0) is 35.2 Å². The molecule has 3 nitrogen and oxygen atoms in total. The molecule has 1 atom stereocenters. The second-order valence-electron chi connectivity index (χ2n) is 4.13. The van der Waals surface area contributed by atoms with Crippen molar-refractivity contribution in [1.82, 2.24) is 4.90 Å². The fourth-order valence-electron chi connectivity index (χ4n) is 1.73. The summed E-state index contributed by atoms with van der Waals surface area (Å²) in [4.78, 5) is 2.27. The Morgan fingerprint density at radius 3 is 2.87 bits per heavy atom. The van der Waals surface area contributed by atoms with E-state index in [2.05, 4.69) is 21.7 Å². The number of aliphatic hydroxyl groups excluding tert-OH is 2. The van der Waals surface area contributed by atoms with Gasteiger partial charge in [-0.15, -0.1) is 0 Å². The highest BCUT2D eigenvalue weighted by Gasteiger charge is 2.30. The molecule has 1 fully saturated rings. The fraction of sp³-hybridized carbons (Fsp3) is 0.636. The summed E-state index contributed by atoms with van der Waals surface area (Å²) in [6.45, 7) is 1.33. The van der Waals surface area contributed by atoms with E-state index in [0.717, 1.165) is 6.54 Å². The minimum atomic E-state index is -0.607. The van der Waals surface area contributed by atoms with Crippen molar-refractivity contribution in [2.24, 2.45) is 0 Å². The monoisotopic (exact) mass is 227 g/mol. The highest BCUT2D eigenvalue weighted by atomic mass is 32.1. The van der Waals surface area contributed by atoms with Crippen LogP contribution in [-0.2, 0) is 6.54 Å². The molecule has 1 aliphatic carbocycles. The summed E-state index contributed by atoms with van der Waals surface area (Å²) in [6, 6.07) is 2.73. The molecule has 1 saturated carbocycles. The Kier molecular flexibility index (Phi) is 3.75. The minimum absolute atomic E-state index is 0.146. The van der Waals surface area contributed by atoms with Crippen molar-refractivity contribution in [3.05, 3.63) is 22.4 Å². The Labute approximate surface area is 94.0 Å². The maximum atomic E-state index is 9.44. The smallest absolute Gasteiger partial charge is 0.0897 e. The number of aliphatic hydroxyl groups is 2. The van der Waals surface area contributed by atoms with Crippen LogP contribution in [0.25, 0.3) is 0 Å². The number of hydrogen-bond acceptors (Lipinski definition) is 4. The van der Waals surface area contributed by atoms with Gasteiger partial charge in [0.05, 0.1) is 12.7 Å². The van der Waals surface area contributed by atoms with Gasteiger partial charge in [0.15, 0.2) is 0 Å². The van der Waals surface area contributed by atoms with E-state index in [9.17, 15) is 5.11 Å². The molecule has 1 aromatic rings. The third-order valence-corrected chi connectivity index (χ3v) is 3.42. The number of hydrogen-bond donors (Lipinski definition) is 2. The lowest BCUT2D eigenvalue weighted by Crippen LogP contribution is -2.35. The van der Waals surface area contributed by atoms with Crippen LogP contribution in [-0.4, -0.2) is 40.4 Å². The van der Waals surface area contributed by atoms with Gasteiger partial charge < -0.3 is 10.2 Å². The summed E-state index contributed by atoms with van der Waals surface area (Å²) in [7, 11) is 0. The van der Waals surface area contributed by atoms with Crippen molar-refractivity contribution in [3.63, 3.8) is 0 Å². The molecule has 1 aromatic heterocycles. The predicted molar refractivity (Wildman–Crippen MR) is 60.8 cm³/mol. The predicted octanol–water partition coefficient (Wildman–Crippen LogP) is 1.07. The zero-order valence-electron chi connectivity index (χ0n) is 8.67. The van der Waals surface area contributed by atoms with E-state index in [4.69, 9.17) is 5.11 Å². The molecular weight excluding hydrogens is 210 g/mol. The summed E-state index contributed by atoms with van der Waals surface area (Å²) in [5.41, 5.74) is 1.30. The molecule has 2 N–H and O–H groups in total. The molecule has 2 rings (SSSR count). The van der Waals surface area contributed by atoms with E-state index in [1.165, 1.54) is 18.4 Å². The van der Waals surface area contributed by atoms with E-state index in [0.29, 0.717) is 12.6 Å². The summed E-state index contributed by atoms with van der Waals surface area (Å²) in [6.07, 6.45) is 1.84. The molecule has 4 heteroatoms. The molecule has 0 aromatic carbocycles. The average molecular weight is 227 g/mol. The molecule has 15 heavy (non-hydrogen) atoms. The number of nitrogens with zero attached hydrogens (tertiary/aromatic N) is 1. The van der Waals surface area contributed by atoms with Crippen LogP contribution in [0.3, 0.4) is 0 Å². The lowest BCUT2D eigenvalue weighted by molar-refractivity contribution is 0.0540. The van der Waals surface area contributed by atoms with Crippen molar-refractivity contribution >= 4 is 11.3 Å². The zero-order chi connectivity index (χ0) is 10.7. The molecule has 1 unspecified atom stereocenters. The van der Waals surface area contributed by atoms with Crippen molar-refractivity contribution in [3.8, 4) is 0 Å².